The highest BCUT2D eigenvalue weighted by Gasteiger charge is 2.55. The highest BCUT2D eigenvalue weighted by molar-refractivity contribution is 5.77. The first kappa shape index (κ1) is 17.3. The minimum Gasteiger partial charge on any atom is -0.508 e. The van der Waals surface area contributed by atoms with Crippen molar-refractivity contribution in [2.24, 2.45) is 11.3 Å². The highest BCUT2D eigenvalue weighted by Crippen LogP contribution is 2.58. The number of carbonyl (C=O) groups excluding carboxylic acids is 1. The van der Waals surface area contributed by atoms with E-state index >= 15 is 0 Å². The first-order valence-corrected chi connectivity index (χ1v) is 8.83. The molecule has 0 aromatic heterocycles. The molecule has 0 amide bonds. The van der Waals surface area contributed by atoms with E-state index in [0.29, 0.717) is 5.56 Å². The van der Waals surface area contributed by atoms with Crippen LogP contribution < -0.4 is 0 Å². The van der Waals surface area contributed by atoms with E-state index in [0.717, 1.165) is 43.2 Å². The van der Waals surface area contributed by atoms with Crippen molar-refractivity contribution in [3.05, 3.63) is 28.3 Å². The number of esters is 1. The van der Waals surface area contributed by atoms with Crippen molar-refractivity contribution in [2.75, 3.05) is 7.11 Å². The second-order valence-electron chi connectivity index (χ2n) is 7.95. The number of hydrogen-bond acceptors (Lipinski definition) is 4. The van der Waals surface area contributed by atoms with Crippen LogP contribution in [0.2, 0.25) is 0 Å². The van der Waals surface area contributed by atoms with Gasteiger partial charge in [-0.1, -0.05) is 13.3 Å². The Balaban J connectivity index is 2.16. The molecule has 0 bridgehead atoms. The maximum atomic E-state index is 12.5. The number of phenols is 1. The molecular weight excluding hydrogens is 304 g/mol. The number of rotatable bonds is 2. The van der Waals surface area contributed by atoms with Gasteiger partial charge in [0.05, 0.1) is 19.1 Å². The molecule has 3 rings (SSSR count). The third kappa shape index (κ3) is 2.19. The summed E-state index contributed by atoms with van der Waals surface area (Å²) >= 11 is 0. The summed E-state index contributed by atoms with van der Waals surface area (Å²) in [4.78, 5) is 12.5. The molecule has 24 heavy (non-hydrogen) atoms. The molecule has 4 heteroatoms. The maximum absolute atomic E-state index is 12.5. The molecule has 1 saturated carbocycles. The number of methoxy groups -OCH3 is 1. The van der Waals surface area contributed by atoms with Crippen LogP contribution in [0.5, 0.6) is 5.75 Å². The molecular formula is C20H28O4. The molecule has 2 aliphatic carbocycles. The molecule has 0 saturated heterocycles. The van der Waals surface area contributed by atoms with E-state index in [2.05, 4.69) is 6.92 Å². The second-order valence-corrected chi connectivity index (χ2v) is 7.95. The summed E-state index contributed by atoms with van der Waals surface area (Å²) in [5.74, 6) is 0.258. The van der Waals surface area contributed by atoms with Gasteiger partial charge in [0.25, 0.3) is 0 Å². The van der Waals surface area contributed by atoms with Crippen molar-refractivity contribution in [3.63, 3.8) is 0 Å². The fourth-order valence-electron chi connectivity index (χ4n) is 5.52. The van der Waals surface area contributed by atoms with Crippen molar-refractivity contribution in [1.29, 1.82) is 0 Å². The molecule has 1 aromatic carbocycles. The minimum atomic E-state index is -0.474. The normalized spacial score (nSPS) is 32.0. The number of benzene rings is 1. The lowest BCUT2D eigenvalue weighted by atomic mass is 9.49. The average Bonchev–Trinajstić information content (AvgIpc) is 2.55. The van der Waals surface area contributed by atoms with Crippen molar-refractivity contribution in [2.45, 2.75) is 64.9 Å². The SMILES string of the molecule is COC(=O)[C@]1(C)CCC[C@]2(C)c3cc(O)c(CO)c(C)c3CC[C@@H]12. The summed E-state index contributed by atoms with van der Waals surface area (Å²) in [5.41, 5.74) is 3.40. The van der Waals surface area contributed by atoms with Crippen LogP contribution in [0.15, 0.2) is 6.07 Å². The Morgan fingerprint density at radius 1 is 1.38 bits per heavy atom. The van der Waals surface area contributed by atoms with Crippen LogP contribution in [0.1, 0.15) is 61.8 Å². The smallest absolute Gasteiger partial charge is 0.311 e. The zero-order chi connectivity index (χ0) is 17.7. The van der Waals surface area contributed by atoms with E-state index in [1.54, 1.807) is 0 Å². The Morgan fingerprint density at radius 2 is 2.08 bits per heavy atom. The molecule has 0 spiro atoms. The number of hydrogen-bond donors (Lipinski definition) is 2. The van der Waals surface area contributed by atoms with E-state index in [-0.39, 0.29) is 29.7 Å². The average molecular weight is 332 g/mol. The van der Waals surface area contributed by atoms with E-state index in [9.17, 15) is 15.0 Å². The lowest BCUT2D eigenvalue weighted by Crippen LogP contribution is -2.52. The molecule has 0 unspecified atom stereocenters. The Hall–Kier alpha value is -1.55. The van der Waals surface area contributed by atoms with Gasteiger partial charge in [0, 0.05) is 5.56 Å². The molecule has 0 heterocycles. The van der Waals surface area contributed by atoms with Crippen LogP contribution in [-0.4, -0.2) is 23.3 Å². The number of carbonyl (C=O) groups is 1. The predicted molar refractivity (Wildman–Crippen MR) is 91.9 cm³/mol. The Morgan fingerprint density at radius 3 is 2.71 bits per heavy atom. The van der Waals surface area contributed by atoms with Gasteiger partial charge in [-0.15, -0.1) is 0 Å². The first-order valence-electron chi connectivity index (χ1n) is 8.83. The van der Waals surface area contributed by atoms with Crippen molar-refractivity contribution >= 4 is 5.97 Å². The van der Waals surface area contributed by atoms with Gasteiger partial charge in [-0.3, -0.25) is 4.79 Å². The van der Waals surface area contributed by atoms with Crippen LogP contribution in [0.4, 0.5) is 0 Å². The first-order chi connectivity index (χ1) is 11.3. The Labute approximate surface area is 143 Å². The zero-order valence-electron chi connectivity index (χ0n) is 15.1. The van der Waals surface area contributed by atoms with Crippen molar-refractivity contribution in [3.8, 4) is 5.75 Å². The van der Waals surface area contributed by atoms with E-state index in [4.69, 9.17) is 4.74 Å². The fraction of sp³-hybridized carbons (Fsp3) is 0.650. The third-order valence-electron chi connectivity index (χ3n) is 6.86. The molecule has 2 aliphatic rings. The lowest BCUT2D eigenvalue weighted by molar-refractivity contribution is -0.161. The quantitative estimate of drug-likeness (QED) is 0.815. The number of aliphatic hydroxyl groups is 1. The Bertz CT molecular complexity index is 681. The van der Waals surface area contributed by atoms with Gasteiger partial charge in [0.15, 0.2) is 0 Å². The minimum absolute atomic E-state index is 0.116. The summed E-state index contributed by atoms with van der Waals surface area (Å²) in [6.07, 6.45) is 4.65. The number of aromatic hydroxyl groups is 1. The summed E-state index contributed by atoms with van der Waals surface area (Å²) in [7, 11) is 1.47. The van der Waals surface area contributed by atoms with Gasteiger partial charge >= 0.3 is 5.97 Å². The van der Waals surface area contributed by atoms with Crippen LogP contribution in [0, 0.1) is 18.3 Å². The summed E-state index contributed by atoms with van der Waals surface area (Å²) in [6.45, 7) is 6.11. The molecule has 0 radical (unpaired) electrons. The van der Waals surface area contributed by atoms with Crippen molar-refractivity contribution in [1.82, 2.24) is 0 Å². The highest BCUT2D eigenvalue weighted by atomic mass is 16.5. The number of aliphatic hydroxyl groups excluding tert-OH is 1. The van der Waals surface area contributed by atoms with Crippen LogP contribution >= 0.6 is 0 Å². The number of ether oxygens (including phenoxy) is 1. The van der Waals surface area contributed by atoms with Gasteiger partial charge < -0.3 is 14.9 Å². The van der Waals surface area contributed by atoms with Gasteiger partial charge in [-0.2, -0.15) is 0 Å². The van der Waals surface area contributed by atoms with Crippen LogP contribution in [0.25, 0.3) is 0 Å². The fourth-order valence-corrected chi connectivity index (χ4v) is 5.52. The molecule has 132 valence electrons. The van der Waals surface area contributed by atoms with Gasteiger partial charge in [-0.05, 0) is 73.6 Å². The molecule has 3 atom stereocenters. The van der Waals surface area contributed by atoms with Gasteiger partial charge in [-0.25, -0.2) is 0 Å². The van der Waals surface area contributed by atoms with Gasteiger partial charge in [0.1, 0.15) is 5.75 Å². The topological polar surface area (TPSA) is 66.8 Å². The van der Waals surface area contributed by atoms with E-state index < -0.39 is 5.41 Å². The van der Waals surface area contributed by atoms with E-state index in [1.807, 2.05) is 19.9 Å². The summed E-state index contributed by atoms with van der Waals surface area (Å²) in [6, 6.07) is 1.84. The summed E-state index contributed by atoms with van der Waals surface area (Å²) < 4.78 is 5.14. The maximum Gasteiger partial charge on any atom is 0.311 e. The third-order valence-corrected chi connectivity index (χ3v) is 6.86. The predicted octanol–water partition coefficient (Wildman–Crippen LogP) is 3.38. The van der Waals surface area contributed by atoms with Crippen molar-refractivity contribution < 1.29 is 19.7 Å². The molecule has 1 fully saturated rings. The summed E-state index contributed by atoms with van der Waals surface area (Å²) in [5, 5.41) is 19.9. The lowest BCUT2D eigenvalue weighted by Gasteiger charge is -2.54. The second kappa shape index (κ2) is 5.76. The molecule has 0 aliphatic heterocycles. The van der Waals surface area contributed by atoms with E-state index in [1.165, 1.54) is 12.7 Å². The standard InChI is InChI=1S/C20H28O4/c1-12-13-6-7-17-19(2,15(13)10-16(22)14(12)11-21)8-5-9-20(17,3)18(23)24-4/h10,17,21-22H,5-9,11H2,1-4H3/t17-,19-,20-/m1/s1. The molecule has 4 nitrogen and oxygen atoms in total. The van der Waals surface area contributed by atoms with Gasteiger partial charge in [0.2, 0.25) is 0 Å². The zero-order valence-corrected chi connectivity index (χ0v) is 15.1. The molecule has 1 aromatic rings. The molecule has 2 N–H and O–H groups in total. The number of fused-ring (bicyclic) bond motifs is 3. The largest absolute Gasteiger partial charge is 0.508 e. The van der Waals surface area contributed by atoms with Crippen LogP contribution in [0.3, 0.4) is 0 Å². The monoisotopic (exact) mass is 332 g/mol. The Kier molecular flexibility index (Phi) is 4.15. The van der Waals surface area contributed by atoms with Crippen LogP contribution in [-0.2, 0) is 28.0 Å².